The van der Waals surface area contributed by atoms with Gasteiger partial charge in [0.05, 0.1) is 0 Å². The molecule has 0 N–H and O–H groups in total. The summed E-state index contributed by atoms with van der Waals surface area (Å²) >= 11 is 1.19. The van der Waals surface area contributed by atoms with Crippen LogP contribution in [0.1, 0.15) is 36.0 Å². The standard InChI is InChI=1S/C21H26N2O4S2/c1-22(29(26,27)20-10-6-16-28-20)13-5-9-19(24)23-14-11-18(12-15-23)21(25)17-7-3-2-4-8-17/h2-4,6-8,10,16,18H,5,9,11-15H2,1H3. The molecule has 1 saturated heterocycles. The molecule has 0 aliphatic carbocycles. The molecule has 1 fully saturated rings. The molecule has 2 aromatic rings. The molecule has 6 nitrogen and oxygen atoms in total. The van der Waals surface area contributed by atoms with Gasteiger partial charge in [-0.2, -0.15) is 0 Å². The Morgan fingerprint density at radius 3 is 2.41 bits per heavy atom. The fourth-order valence-electron chi connectivity index (χ4n) is 3.52. The molecule has 0 spiro atoms. The van der Waals surface area contributed by atoms with E-state index in [2.05, 4.69) is 0 Å². The quantitative estimate of drug-likeness (QED) is 0.598. The van der Waals surface area contributed by atoms with Crippen LogP contribution in [0.25, 0.3) is 0 Å². The van der Waals surface area contributed by atoms with Gasteiger partial charge in [-0.05, 0) is 30.7 Å². The Hall–Kier alpha value is -2.03. The number of amides is 1. The summed E-state index contributed by atoms with van der Waals surface area (Å²) in [5.41, 5.74) is 0.729. The van der Waals surface area contributed by atoms with E-state index in [-0.39, 0.29) is 17.6 Å². The number of sulfonamides is 1. The topological polar surface area (TPSA) is 74.8 Å². The number of rotatable bonds is 8. The van der Waals surface area contributed by atoms with Gasteiger partial charge in [0.25, 0.3) is 10.0 Å². The van der Waals surface area contributed by atoms with Gasteiger partial charge >= 0.3 is 0 Å². The Labute approximate surface area is 176 Å². The number of thiophene rings is 1. The highest BCUT2D eigenvalue weighted by molar-refractivity contribution is 7.91. The van der Waals surface area contributed by atoms with E-state index >= 15 is 0 Å². The summed E-state index contributed by atoms with van der Waals surface area (Å²) in [4.78, 5) is 26.8. The molecule has 1 aromatic carbocycles. The van der Waals surface area contributed by atoms with Crippen LogP contribution >= 0.6 is 11.3 Å². The number of carbonyl (C=O) groups is 2. The van der Waals surface area contributed by atoms with E-state index in [1.54, 1.807) is 29.5 Å². The van der Waals surface area contributed by atoms with Gasteiger partial charge in [-0.3, -0.25) is 9.59 Å². The van der Waals surface area contributed by atoms with Crippen molar-refractivity contribution in [3.05, 3.63) is 53.4 Å². The van der Waals surface area contributed by atoms with Crippen molar-refractivity contribution in [2.45, 2.75) is 29.9 Å². The highest BCUT2D eigenvalue weighted by atomic mass is 32.2. The maximum Gasteiger partial charge on any atom is 0.252 e. The lowest BCUT2D eigenvalue weighted by Crippen LogP contribution is -2.40. The molecule has 29 heavy (non-hydrogen) atoms. The Morgan fingerprint density at radius 1 is 1.10 bits per heavy atom. The van der Waals surface area contributed by atoms with Crippen molar-refractivity contribution in [3.8, 4) is 0 Å². The van der Waals surface area contributed by atoms with Gasteiger partial charge in [0.2, 0.25) is 5.91 Å². The summed E-state index contributed by atoms with van der Waals surface area (Å²) in [6.45, 7) is 1.45. The zero-order valence-electron chi connectivity index (χ0n) is 16.5. The molecule has 0 saturated carbocycles. The van der Waals surface area contributed by atoms with Gasteiger partial charge in [-0.15, -0.1) is 11.3 Å². The lowest BCUT2D eigenvalue weighted by molar-refractivity contribution is -0.132. The Bertz CT molecular complexity index is 919. The monoisotopic (exact) mass is 434 g/mol. The Balaban J connectivity index is 1.43. The lowest BCUT2D eigenvalue weighted by Gasteiger charge is -2.31. The van der Waals surface area contributed by atoms with Crippen LogP contribution in [0.2, 0.25) is 0 Å². The van der Waals surface area contributed by atoms with Gasteiger partial charge in [0, 0.05) is 44.6 Å². The number of likely N-dealkylation sites (tertiary alicyclic amines) is 1. The van der Waals surface area contributed by atoms with Crippen molar-refractivity contribution in [3.63, 3.8) is 0 Å². The number of ketones is 1. The van der Waals surface area contributed by atoms with Crippen molar-refractivity contribution < 1.29 is 18.0 Å². The molecule has 3 rings (SSSR count). The summed E-state index contributed by atoms with van der Waals surface area (Å²) in [6, 6.07) is 12.6. The van der Waals surface area contributed by atoms with Crippen LogP contribution in [0.3, 0.4) is 0 Å². The predicted molar refractivity (Wildman–Crippen MR) is 113 cm³/mol. The number of Topliss-reactive ketones (excluding diaryl/α,β-unsaturated/α-hetero) is 1. The summed E-state index contributed by atoms with van der Waals surface area (Å²) in [5.74, 6) is 0.138. The molecule has 1 aromatic heterocycles. The van der Waals surface area contributed by atoms with Crippen molar-refractivity contribution >= 4 is 33.1 Å². The zero-order valence-corrected chi connectivity index (χ0v) is 18.1. The summed E-state index contributed by atoms with van der Waals surface area (Å²) < 4.78 is 26.4. The average molecular weight is 435 g/mol. The highest BCUT2D eigenvalue weighted by Crippen LogP contribution is 2.23. The number of hydrogen-bond donors (Lipinski definition) is 0. The van der Waals surface area contributed by atoms with E-state index in [9.17, 15) is 18.0 Å². The second-order valence-corrected chi connectivity index (χ2v) is 10.5. The van der Waals surface area contributed by atoms with Crippen molar-refractivity contribution in [2.24, 2.45) is 5.92 Å². The zero-order chi connectivity index (χ0) is 20.9. The fraction of sp³-hybridized carbons (Fsp3) is 0.429. The molecule has 1 aliphatic rings. The fourth-order valence-corrected chi connectivity index (χ4v) is 5.93. The van der Waals surface area contributed by atoms with Gasteiger partial charge < -0.3 is 4.90 Å². The number of piperidine rings is 1. The van der Waals surface area contributed by atoms with Crippen LogP contribution in [0.5, 0.6) is 0 Å². The number of benzene rings is 1. The van der Waals surface area contributed by atoms with Gasteiger partial charge in [-0.25, -0.2) is 12.7 Å². The van der Waals surface area contributed by atoms with E-state index < -0.39 is 10.0 Å². The first-order chi connectivity index (χ1) is 13.9. The van der Waals surface area contributed by atoms with Crippen LogP contribution in [-0.2, 0) is 14.8 Å². The first-order valence-electron chi connectivity index (χ1n) is 9.76. The van der Waals surface area contributed by atoms with Gasteiger partial charge in [-0.1, -0.05) is 36.4 Å². The first kappa shape index (κ1) is 21.7. The molecule has 1 aliphatic heterocycles. The minimum Gasteiger partial charge on any atom is -0.343 e. The SMILES string of the molecule is CN(CCCC(=O)N1CCC(C(=O)c2ccccc2)CC1)S(=O)(=O)c1cccs1. The third-order valence-corrected chi connectivity index (χ3v) is 8.53. The molecule has 1 amide bonds. The van der Waals surface area contributed by atoms with Crippen molar-refractivity contribution in [2.75, 3.05) is 26.7 Å². The van der Waals surface area contributed by atoms with Gasteiger partial charge in [0.15, 0.2) is 5.78 Å². The average Bonchev–Trinajstić information content (AvgIpc) is 3.29. The lowest BCUT2D eigenvalue weighted by atomic mass is 9.89. The van der Waals surface area contributed by atoms with Crippen LogP contribution in [-0.4, -0.2) is 56.0 Å². The van der Waals surface area contributed by atoms with Crippen LogP contribution < -0.4 is 0 Å². The molecule has 0 radical (unpaired) electrons. The molecular weight excluding hydrogens is 408 g/mol. The van der Waals surface area contributed by atoms with Crippen LogP contribution in [0.15, 0.2) is 52.1 Å². The number of hydrogen-bond acceptors (Lipinski definition) is 5. The Morgan fingerprint density at radius 2 is 1.79 bits per heavy atom. The predicted octanol–water partition coefficient (Wildman–Crippen LogP) is 3.27. The largest absolute Gasteiger partial charge is 0.343 e. The maximum atomic E-state index is 12.5. The van der Waals surface area contributed by atoms with E-state index in [0.29, 0.717) is 49.5 Å². The second kappa shape index (κ2) is 9.65. The van der Waals surface area contributed by atoms with E-state index in [1.165, 1.54) is 15.6 Å². The molecule has 0 atom stereocenters. The third kappa shape index (κ3) is 5.32. The summed E-state index contributed by atoms with van der Waals surface area (Å²) in [6.07, 6.45) is 2.13. The van der Waals surface area contributed by atoms with Crippen LogP contribution in [0, 0.1) is 5.92 Å². The normalized spacial score (nSPS) is 15.6. The summed E-state index contributed by atoms with van der Waals surface area (Å²) in [7, 11) is -1.93. The van der Waals surface area contributed by atoms with Crippen molar-refractivity contribution in [1.29, 1.82) is 0 Å². The van der Waals surface area contributed by atoms with Gasteiger partial charge in [0.1, 0.15) is 4.21 Å². The molecule has 8 heteroatoms. The van der Waals surface area contributed by atoms with Crippen LogP contribution in [0.4, 0.5) is 0 Å². The molecule has 0 unspecified atom stereocenters. The molecule has 156 valence electrons. The smallest absolute Gasteiger partial charge is 0.252 e. The first-order valence-corrected chi connectivity index (χ1v) is 12.1. The minimum absolute atomic E-state index is 0.0255. The number of carbonyl (C=O) groups excluding carboxylic acids is 2. The maximum absolute atomic E-state index is 12.5. The van der Waals surface area contributed by atoms with E-state index in [4.69, 9.17) is 0 Å². The minimum atomic E-state index is -3.47. The summed E-state index contributed by atoms with van der Waals surface area (Å²) in [5, 5.41) is 1.73. The van der Waals surface area contributed by atoms with E-state index in [1.807, 2.05) is 30.3 Å². The highest BCUT2D eigenvalue weighted by Gasteiger charge is 2.28. The Kier molecular flexibility index (Phi) is 7.21. The van der Waals surface area contributed by atoms with E-state index in [0.717, 1.165) is 5.56 Å². The molecular formula is C21H26N2O4S2. The molecule has 0 bridgehead atoms. The molecule has 2 heterocycles. The third-order valence-electron chi connectivity index (χ3n) is 5.30. The number of nitrogens with zero attached hydrogens (tertiary/aromatic N) is 2. The van der Waals surface area contributed by atoms with Crippen molar-refractivity contribution in [1.82, 2.24) is 9.21 Å². The second-order valence-electron chi connectivity index (χ2n) is 7.25.